The maximum Gasteiger partial charge on any atom is 0.306 e. The summed E-state index contributed by atoms with van der Waals surface area (Å²) in [6.07, 6.45) is 5.64. The number of esters is 1. The Balaban J connectivity index is 2.68. The van der Waals surface area contributed by atoms with E-state index in [1.165, 1.54) is 0 Å². The van der Waals surface area contributed by atoms with E-state index < -0.39 is 0 Å². The van der Waals surface area contributed by atoms with Gasteiger partial charge in [-0.25, -0.2) is 0 Å². The number of hydrogen-bond acceptors (Lipinski definition) is 3. The topological polar surface area (TPSA) is 29.5 Å². The van der Waals surface area contributed by atoms with Crippen molar-refractivity contribution in [1.82, 2.24) is 4.90 Å². The predicted octanol–water partition coefficient (Wildman–Crippen LogP) is 4.15. The molecule has 118 valence electrons. The Morgan fingerprint density at radius 3 is 2.10 bits per heavy atom. The van der Waals surface area contributed by atoms with Crippen LogP contribution in [0.1, 0.15) is 80.1 Å². The molecule has 3 heteroatoms. The lowest BCUT2D eigenvalue weighted by Gasteiger charge is -2.55. The van der Waals surface area contributed by atoms with Crippen molar-refractivity contribution < 1.29 is 9.53 Å². The quantitative estimate of drug-likeness (QED) is 0.686. The van der Waals surface area contributed by atoms with E-state index >= 15 is 0 Å². The van der Waals surface area contributed by atoms with Crippen molar-refractivity contribution >= 4 is 5.97 Å². The zero-order valence-electron chi connectivity index (χ0n) is 14.3. The molecule has 3 nitrogen and oxygen atoms in total. The van der Waals surface area contributed by atoms with E-state index in [-0.39, 0.29) is 23.2 Å². The number of likely N-dealkylation sites (tertiary alicyclic amines) is 1. The minimum Gasteiger partial charge on any atom is -0.462 e. The Labute approximate surface area is 125 Å². The highest BCUT2D eigenvalue weighted by Gasteiger charge is 2.45. The van der Waals surface area contributed by atoms with E-state index in [4.69, 9.17) is 4.74 Å². The Kier molecular flexibility index (Phi) is 6.06. The van der Waals surface area contributed by atoms with Crippen LogP contribution in [-0.2, 0) is 9.53 Å². The summed E-state index contributed by atoms with van der Waals surface area (Å²) in [5, 5.41) is 0. The zero-order chi connectivity index (χ0) is 15.4. The molecule has 0 aromatic carbocycles. The van der Waals surface area contributed by atoms with Gasteiger partial charge in [-0.15, -0.1) is 0 Å². The van der Waals surface area contributed by atoms with Crippen LogP contribution >= 0.6 is 0 Å². The van der Waals surface area contributed by atoms with E-state index in [2.05, 4.69) is 46.4 Å². The molecule has 20 heavy (non-hydrogen) atoms. The van der Waals surface area contributed by atoms with E-state index in [0.717, 1.165) is 38.6 Å². The Hall–Kier alpha value is -0.570. The van der Waals surface area contributed by atoms with Crippen LogP contribution in [0, 0.1) is 0 Å². The first-order valence-corrected chi connectivity index (χ1v) is 8.20. The molecule has 0 aromatic heterocycles. The summed E-state index contributed by atoms with van der Waals surface area (Å²) in [5.74, 6) is -0.0209. The molecule has 0 saturated carbocycles. The molecule has 0 bridgehead atoms. The second kappa shape index (κ2) is 6.93. The molecule has 1 aliphatic heterocycles. The number of nitrogens with zero attached hydrogens (tertiary/aromatic N) is 1. The summed E-state index contributed by atoms with van der Waals surface area (Å²) in [4.78, 5) is 14.4. The highest BCUT2D eigenvalue weighted by atomic mass is 16.5. The van der Waals surface area contributed by atoms with Crippen LogP contribution in [0.15, 0.2) is 0 Å². The predicted molar refractivity (Wildman–Crippen MR) is 83.8 cm³/mol. The lowest BCUT2D eigenvalue weighted by molar-refractivity contribution is -0.160. The second-order valence-electron chi connectivity index (χ2n) is 7.40. The molecule has 0 aliphatic carbocycles. The van der Waals surface area contributed by atoms with Crippen LogP contribution in [0.3, 0.4) is 0 Å². The first-order chi connectivity index (χ1) is 9.23. The van der Waals surface area contributed by atoms with Gasteiger partial charge in [0.2, 0.25) is 0 Å². The molecule has 0 aromatic rings. The largest absolute Gasteiger partial charge is 0.462 e. The number of rotatable bonds is 6. The van der Waals surface area contributed by atoms with Crippen molar-refractivity contribution in [3.05, 3.63) is 0 Å². The summed E-state index contributed by atoms with van der Waals surface area (Å²) in [5.41, 5.74) is 0.181. The first kappa shape index (κ1) is 17.5. The van der Waals surface area contributed by atoms with Crippen LogP contribution in [0.4, 0.5) is 0 Å². The van der Waals surface area contributed by atoms with E-state index in [9.17, 15) is 4.79 Å². The number of carbonyl (C=O) groups is 1. The molecule has 1 aliphatic rings. The van der Waals surface area contributed by atoms with Crippen LogP contribution in [0.5, 0.6) is 0 Å². The van der Waals surface area contributed by atoms with Gasteiger partial charge in [-0.2, -0.15) is 0 Å². The van der Waals surface area contributed by atoms with Crippen molar-refractivity contribution in [1.29, 1.82) is 0 Å². The molecule has 1 saturated heterocycles. The van der Waals surface area contributed by atoms with Gasteiger partial charge in [0.25, 0.3) is 0 Å². The monoisotopic (exact) mass is 283 g/mol. The van der Waals surface area contributed by atoms with E-state index in [1.54, 1.807) is 0 Å². The average molecular weight is 283 g/mol. The van der Waals surface area contributed by atoms with Gasteiger partial charge in [0.15, 0.2) is 0 Å². The summed E-state index contributed by atoms with van der Waals surface area (Å²) in [6, 6.07) is 0. The molecule has 0 unspecified atom stereocenters. The van der Waals surface area contributed by atoms with Crippen molar-refractivity contribution in [2.24, 2.45) is 0 Å². The minimum atomic E-state index is -0.0209. The lowest BCUT2D eigenvalue weighted by Crippen LogP contribution is -2.62. The molecule has 1 rings (SSSR count). The fourth-order valence-electron chi connectivity index (χ4n) is 3.70. The number of ether oxygens (including phenoxy) is 1. The van der Waals surface area contributed by atoms with E-state index in [1.807, 2.05) is 0 Å². The minimum absolute atomic E-state index is 0.0209. The molecule has 0 spiro atoms. The Morgan fingerprint density at radius 1 is 1.10 bits per heavy atom. The summed E-state index contributed by atoms with van der Waals surface area (Å²) in [7, 11) is 0. The fourth-order valence-corrected chi connectivity index (χ4v) is 3.70. The van der Waals surface area contributed by atoms with Crippen molar-refractivity contribution in [2.45, 2.75) is 97.2 Å². The van der Waals surface area contributed by atoms with Gasteiger partial charge >= 0.3 is 5.97 Å². The van der Waals surface area contributed by atoms with Gasteiger partial charge < -0.3 is 4.74 Å². The van der Waals surface area contributed by atoms with Gasteiger partial charge in [0, 0.05) is 30.3 Å². The van der Waals surface area contributed by atoms with Crippen molar-refractivity contribution in [2.75, 3.05) is 6.54 Å². The molecule has 0 atom stereocenters. The summed E-state index contributed by atoms with van der Waals surface area (Å²) in [6.45, 7) is 14.5. The standard InChI is InChI=1S/C17H33NO2/c1-7-9-10-15(19)20-14-12-16(3,4)18(11-8-2)17(5,6)13-14/h14H,7-13H2,1-6H3. The average Bonchev–Trinajstić information content (AvgIpc) is 2.30. The van der Waals surface area contributed by atoms with Crippen molar-refractivity contribution in [3.63, 3.8) is 0 Å². The lowest BCUT2D eigenvalue weighted by atomic mass is 9.78. The third-order valence-electron chi connectivity index (χ3n) is 4.40. The number of carbonyl (C=O) groups excluding carboxylic acids is 1. The van der Waals surface area contributed by atoms with Crippen LogP contribution < -0.4 is 0 Å². The van der Waals surface area contributed by atoms with Gasteiger partial charge in [0.1, 0.15) is 6.10 Å². The third kappa shape index (κ3) is 4.47. The van der Waals surface area contributed by atoms with Crippen molar-refractivity contribution in [3.8, 4) is 0 Å². The summed E-state index contributed by atoms with van der Waals surface area (Å²) < 4.78 is 5.73. The molecule has 0 N–H and O–H groups in total. The summed E-state index contributed by atoms with van der Waals surface area (Å²) >= 11 is 0. The van der Waals surface area contributed by atoms with E-state index in [0.29, 0.717) is 6.42 Å². The zero-order valence-corrected chi connectivity index (χ0v) is 14.3. The van der Waals surface area contributed by atoms with Crippen LogP contribution in [0.25, 0.3) is 0 Å². The Bertz CT molecular complexity index is 305. The maximum absolute atomic E-state index is 11.9. The third-order valence-corrected chi connectivity index (χ3v) is 4.40. The van der Waals surface area contributed by atoms with Crippen LogP contribution in [0.2, 0.25) is 0 Å². The second-order valence-corrected chi connectivity index (χ2v) is 7.40. The highest BCUT2D eigenvalue weighted by Crippen LogP contribution is 2.39. The highest BCUT2D eigenvalue weighted by molar-refractivity contribution is 5.69. The van der Waals surface area contributed by atoms with Crippen LogP contribution in [-0.4, -0.2) is 34.6 Å². The molecular formula is C17H33NO2. The molecular weight excluding hydrogens is 250 g/mol. The molecule has 0 amide bonds. The smallest absolute Gasteiger partial charge is 0.306 e. The Morgan fingerprint density at radius 2 is 1.65 bits per heavy atom. The number of hydrogen-bond donors (Lipinski definition) is 0. The molecule has 1 heterocycles. The number of unbranched alkanes of at least 4 members (excludes halogenated alkanes) is 1. The molecule has 0 radical (unpaired) electrons. The van der Waals surface area contributed by atoms with Gasteiger partial charge in [-0.1, -0.05) is 20.3 Å². The normalized spacial score (nSPS) is 22.7. The van der Waals surface area contributed by atoms with Gasteiger partial charge in [-0.3, -0.25) is 9.69 Å². The maximum atomic E-state index is 11.9. The SMILES string of the molecule is CCCCC(=O)OC1CC(C)(C)N(CCC)C(C)(C)C1. The number of piperidine rings is 1. The first-order valence-electron chi connectivity index (χ1n) is 8.20. The van der Waals surface area contributed by atoms with Gasteiger partial charge in [0.05, 0.1) is 0 Å². The van der Waals surface area contributed by atoms with Gasteiger partial charge in [-0.05, 0) is 47.1 Å². The molecule has 1 fully saturated rings. The fraction of sp³-hybridized carbons (Fsp3) is 0.941.